The van der Waals surface area contributed by atoms with Crippen molar-refractivity contribution in [2.45, 2.75) is 52.6 Å². The lowest BCUT2D eigenvalue weighted by Crippen LogP contribution is -2.51. The fourth-order valence-electron chi connectivity index (χ4n) is 5.17. The van der Waals surface area contributed by atoms with Gasteiger partial charge in [0.1, 0.15) is 6.10 Å². The van der Waals surface area contributed by atoms with Crippen molar-refractivity contribution < 1.29 is 19.4 Å². The van der Waals surface area contributed by atoms with Crippen molar-refractivity contribution in [2.75, 3.05) is 11.5 Å². The number of aliphatic carboxylic acids is 1. The lowest BCUT2D eigenvalue weighted by molar-refractivity contribution is -0.158. The average Bonchev–Trinajstić information content (AvgIpc) is 2.69. The highest BCUT2D eigenvalue weighted by Gasteiger charge is 2.57. The zero-order valence-electron chi connectivity index (χ0n) is 13.6. The van der Waals surface area contributed by atoms with Crippen molar-refractivity contribution in [3.63, 3.8) is 0 Å². The predicted octanol–water partition coefficient (Wildman–Crippen LogP) is 3.20. The van der Waals surface area contributed by atoms with E-state index in [1.165, 1.54) is 0 Å². The number of thioether (sulfide) groups is 1. The third-order valence-corrected chi connectivity index (χ3v) is 7.88. The molecule has 0 amide bonds. The molecule has 0 aromatic rings. The van der Waals surface area contributed by atoms with Crippen LogP contribution in [-0.4, -0.2) is 34.7 Å². The number of carboxylic acid groups (broad SMARTS) is 1. The average molecular weight is 326 g/mol. The van der Waals surface area contributed by atoms with Crippen molar-refractivity contribution in [2.24, 2.45) is 28.6 Å². The lowest BCUT2D eigenvalue weighted by atomic mass is 9.55. The molecule has 4 nitrogen and oxygen atoms in total. The third kappa shape index (κ3) is 2.36. The van der Waals surface area contributed by atoms with Gasteiger partial charge < -0.3 is 9.84 Å². The van der Waals surface area contributed by atoms with E-state index in [-0.39, 0.29) is 35.2 Å². The highest BCUT2D eigenvalue weighted by atomic mass is 32.2. The molecule has 0 aromatic carbocycles. The van der Waals surface area contributed by atoms with Crippen molar-refractivity contribution in [3.8, 4) is 0 Å². The summed E-state index contributed by atoms with van der Waals surface area (Å²) in [5, 5.41) is 9.92. The number of fused-ring (bicyclic) bond motifs is 2. The first-order chi connectivity index (χ1) is 10.3. The smallest absolute Gasteiger partial charge is 0.309 e. The molecule has 2 heterocycles. The molecule has 2 saturated heterocycles. The van der Waals surface area contributed by atoms with Crippen LogP contribution in [0, 0.1) is 28.6 Å². The summed E-state index contributed by atoms with van der Waals surface area (Å²) in [6.45, 7) is 6.08. The fourth-order valence-corrected chi connectivity index (χ4v) is 6.51. The quantitative estimate of drug-likeness (QED) is 0.750. The minimum Gasteiger partial charge on any atom is -0.481 e. The molecule has 3 aliphatic rings. The molecule has 1 aliphatic carbocycles. The van der Waals surface area contributed by atoms with E-state index in [1.54, 1.807) is 0 Å². The van der Waals surface area contributed by atoms with Crippen LogP contribution in [0.3, 0.4) is 0 Å². The Labute approximate surface area is 136 Å². The van der Waals surface area contributed by atoms with Gasteiger partial charge in [-0.25, -0.2) is 0 Å². The third-order valence-electron chi connectivity index (χ3n) is 6.49. The van der Waals surface area contributed by atoms with Gasteiger partial charge in [-0.1, -0.05) is 6.92 Å². The first kappa shape index (κ1) is 16.2. The predicted molar refractivity (Wildman–Crippen MR) is 85.7 cm³/mol. The minimum atomic E-state index is -0.688. The van der Waals surface area contributed by atoms with Gasteiger partial charge in [-0.05, 0) is 62.4 Å². The number of ether oxygens (including phenoxy) is 1. The molecule has 124 valence electrons. The van der Waals surface area contributed by atoms with Crippen molar-refractivity contribution >= 4 is 23.7 Å². The second-order valence-corrected chi connectivity index (χ2v) is 9.03. The summed E-state index contributed by atoms with van der Waals surface area (Å²) >= 11 is 1.90. The molecule has 6 atom stereocenters. The fraction of sp³-hybridized carbons (Fsp3) is 0.882. The second-order valence-electron chi connectivity index (χ2n) is 7.93. The highest BCUT2D eigenvalue weighted by molar-refractivity contribution is 7.99. The zero-order valence-corrected chi connectivity index (χ0v) is 14.4. The number of carbonyl (C=O) groups is 2. The van der Waals surface area contributed by atoms with Crippen molar-refractivity contribution in [1.82, 2.24) is 0 Å². The van der Waals surface area contributed by atoms with Gasteiger partial charge in [-0.3, -0.25) is 9.59 Å². The normalized spacial score (nSPS) is 48.6. The summed E-state index contributed by atoms with van der Waals surface area (Å²) in [6.07, 6.45) is 3.06. The van der Waals surface area contributed by atoms with Crippen LogP contribution < -0.4 is 0 Å². The molecule has 2 aliphatic heterocycles. The summed E-state index contributed by atoms with van der Waals surface area (Å²) in [5.74, 6) is 1.52. The molecule has 0 unspecified atom stereocenters. The molecule has 3 rings (SSSR count). The maximum atomic E-state index is 12.3. The van der Waals surface area contributed by atoms with E-state index in [1.807, 2.05) is 25.6 Å². The maximum Gasteiger partial charge on any atom is 0.309 e. The molecule has 0 bridgehead atoms. The number of carboxylic acids is 1. The molecule has 1 saturated carbocycles. The number of carbonyl (C=O) groups excluding carboxylic acids is 1. The Morgan fingerprint density at radius 2 is 2.09 bits per heavy atom. The Hall–Kier alpha value is -0.710. The molecule has 1 N–H and O–H groups in total. The first-order valence-electron chi connectivity index (χ1n) is 8.29. The van der Waals surface area contributed by atoms with E-state index < -0.39 is 11.4 Å². The van der Waals surface area contributed by atoms with Gasteiger partial charge in [-0.15, -0.1) is 0 Å². The standard InChI is InChI=1S/C17H26O4S/c1-10-11-4-6-17(3,15(19)20)13-5-7-22-9-16(13,2)8-12(11)14(18)21-10/h10-13H,4-9H2,1-3H3,(H,19,20)/t10-,11+,12-,13-,16-,17-/m1/s1. The molecule has 3 fully saturated rings. The zero-order chi connectivity index (χ0) is 16.1. The number of hydrogen-bond acceptors (Lipinski definition) is 4. The Bertz CT molecular complexity index is 493. The van der Waals surface area contributed by atoms with Gasteiger partial charge in [0, 0.05) is 5.92 Å². The van der Waals surface area contributed by atoms with Gasteiger partial charge >= 0.3 is 11.9 Å². The second kappa shape index (κ2) is 5.43. The maximum absolute atomic E-state index is 12.3. The summed E-state index contributed by atoms with van der Waals surface area (Å²) < 4.78 is 5.48. The molecular formula is C17H26O4S. The van der Waals surface area contributed by atoms with Gasteiger partial charge in [-0.2, -0.15) is 11.8 Å². The van der Waals surface area contributed by atoms with Crippen LogP contribution in [0.5, 0.6) is 0 Å². The molecule has 0 spiro atoms. The van der Waals surface area contributed by atoms with Crippen LogP contribution in [0.25, 0.3) is 0 Å². The molecule has 0 radical (unpaired) electrons. The van der Waals surface area contributed by atoms with Crippen LogP contribution >= 0.6 is 11.8 Å². The monoisotopic (exact) mass is 326 g/mol. The van der Waals surface area contributed by atoms with Gasteiger partial charge in [0.2, 0.25) is 0 Å². The Morgan fingerprint density at radius 3 is 2.77 bits per heavy atom. The summed E-state index contributed by atoms with van der Waals surface area (Å²) in [4.78, 5) is 24.3. The van der Waals surface area contributed by atoms with Gasteiger partial charge in [0.25, 0.3) is 0 Å². The van der Waals surface area contributed by atoms with Crippen LogP contribution in [-0.2, 0) is 14.3 Å². The highest BCUT2D eigenvalue weighted by Crippen LogP contribution is 2.57. The van der Waals surface area contributed by atoms with Crippen LogP contribution in [0.2, 0.25) is 0 Å². The van der Waals surface area contributed by atoms with E-state index in [0.29, 0.717) is 6.42 Å². The Kier molecular flexibility index (Phi) is 3.99. The van der Waals surface area contributed by atoms with Gasteiger partial charge in [0.05, 0.1) is 11.3 Å². The van der Waals surface area contributed by atoms with Crippen LogP contribution in [0.1, 0.15) is 46.5 Å². The SMILES string of the molecule is C[C@H]1OC(=O)[C@@H]2C[C@]3(C)CSCC[C@H]3[C@](C)(C(=O)O)CC[C@@H]12. The molecule has 22 heavy (non-hydrogen) atoms. The van der Waals surface area contributed by atoms with Crippen LogP contribution in [0.4, 0.5) is 0 Å². The number of rotatable bonds is 1. The van der Waals surface area contributed by atoms with Gasteiger partial charge in [0.15, 0.2) is 0 Å². The molecule has 5 heteroatoms. The largest absolute Gasteiger partial charge is 0.481 e. The van der Waals surface area contributed by atoms with Crippen molar-refractivity contribution in [1.29, 1.82) is 0 Å². The Morgan fingerprint density at radius 1 is 1.36 bits per heavy atom. The number of cyclic esters (lactones) is 1. The summed E-state index contributed by atoms with van der Waals surface area (Å²) in [7, 11) is 0. The van der Waals surface area contributed by atoms with E-state index in [9.17, 15) is 14.7 Å². The van der Waals surface area contributed by atoms with E-state index in [4.69, 9.17) is 4.74 Å². The topological polar surface area (TPSA) is 63.6 Å². The van der Waals surface area contributed by atoms with E-state index in [0.717, 1.165) is 30.8 Å². The number of esters is 1. The summed E-state index contributed by atoms with van der Waals surface area (Å²) in [6, 6.07) is 0. The Balaban J connectivity index is 2.00. The van der Waals surface area contributed by atoms with E-state index in [2.05, 4.69) is 6.92 Å². The first-order valence-corrected chi connectivity index (χ1v) is 9.45. The number of hydrogen-bond donors (Lipinski definition) is 1. The lowest BCUT2D eigenvalue weighted by Gasteiger charge is -2.51. The van der Waals surface area contributed by atoms with Crippen molar-refractivity contribution in [3.05, 3.63) is 0 Å². The van der Waals surface area contributed by atoms with Crippen LogP contribution in [0.15, 0.2) is 0 Å². The molecular weight excluding hydrogens is 300 g/mol. The minimum absolute atomic E-state index is 0.0421. The summed E-state index contributed by atoms with van der Waals surface area (Å²) in [5.41, 5.74) is -0.783. The molecule has 0 aromatic heterocycles. The van der Waals surface area contributed by atoms with E-state index >= 15 is 0 Å².